The van der Waals surface area contributed by atoms with Crippen LogP contribution in [-0.2, 0) is 0 Å². The number of aromatic nitrogens is 2. The summed E-state index contributed by atoms with van der Waals surface area (Å²) in [5, 5.41) is 17.9. The Bertz CT molecular complexity index is 1190. The van der Waals surface area contributed by atoms with Crippen LogP contribution in [0.1, 0.15) is 16.7 Å². The van der Waals surface area contributed by atoms with Crippen LogP contribution in [0, 0.1) is 25.2 Å². The Morgan fingerprint density at radius 1 is 0.926 bits per heavy atom. The number of hydrogen-bond acceptors (Lipinski definition) is 4. The number of rotatable bonds is 3. The summed E-state index contributed by atoms with van der Waals surface area (Å²) < 4.78 is 1.95. The van der Waals surface area contributed by atoms with E-state index in [0.29, 0.717) is 17.1 Å². The number of benzene rings is 2. The molecule has 0 spiro atoms. The third kappa shape index (κ3) is 3.33. The number of nitriles is 1. The summed E-state index contributed by atoms with van der Waals surface area (Å²) >= 11 is 0. The first-order valence-electron chi connectivity index (χ1n) is 8.62. The monoisotopic (exact) mass is 351 g/mol. The fourth-order valence-electron chi connectivity index (χ4n) is 2.88. The van der Waals surface area contributed by atoms with Gasteiger partial charge < -0.3 is 0 Å². The molecule has 2 aromatic carbocycles. The first-order chi connectivity index (χ1) is 13.1. The maximum Gasteiger partial charge on any atom is 0.187 e. The van der Waals surface area contributed by atoms with Crippen molar-refractivity contribution >= 4 is 17.2 Å². The van der Waals surface area contributed by atoms with Gasteiger partial charge in [0.1, 0.15) is 11.3 Å². The van der Waals surface area contributed by atoms with Gasteiger partial charge in [0.25, 0.3) is 0 Å². The second kappa shape index (κ2) is 6.85. The summed E-state index contributed by atoms with van der Waals surface area (Å²) in [5.74, 6) is 0.667. The number of hydrogen-bond donors (Lipinski definition) is 0. The van der Waals surface area contributed by atoms with Crippen molar-refractivity contribution in [3.63, 3.8) is 0 Å². The second-order valence-corrected chi connectivity index (χ2v) is 6.45. The maximum atomic E-state index is 9.06. The van der Waals surface area contributed by atoms with Gasteiger partial charge in [0.2, 0.25) is 0 Å². The molecule has 0 aliphatic rings. The Morgan fingerprint density at radius 2 is 1.70 bits per heavy atom. The SMILES string of the molecule is Cc1ccc(-c2nc3ccc(C)cn3c2N=Nc2cccc(C#N)c2)cc1. The minimum atomic E-state index is 0.555. The highest BCUT2D eigenvalue weighted by Crippen LogP contribution is 2.32. The highest BCUT2D eigenvalue weighted by atomic mass is 15.2. The summed E-state index contributed by atoms with van der Waals surface area (Å²) in [5.41, 5.74) is 6.07. The van der Waals surface area contributed by atoms with Gasteiger partial charge in [0.15, 0.2) is 5.82 Å². The summed E-state index contributed by atoms with van der Waals surface area (Å²) in [6.45, 7) is 4.09. The van der Waals surface area contributed by atoms with Crippen molar-refractivity contribution in [3.05, 3.63) is 83.6 Å². The molecule has 0 aliphatic carbocycles. The Labute approximate surface area is 157 Å². The average molecular weight is 351 g/mol. The van der Waals surface area contributed by atoms with Crippen molar-refractivity contribution in [2.45, 2.75) is 13.8 Å². The number of fused-ring (bicyclic) bond motifs is 1. The molecule has 4 aromatic rings. The predicted molar refractivity (Wildman–Crippen MR) is 105 cm³/mol. The van der Waals surface area contributed by atoms with Gasteiger partial charge in [-0.05, 0) is 43.7 Å². The lowest BCUT2D eigenvalue weighted by Crippen LogP contribution is -1.85. The lowest BCUT2D eigenvalue weighted by atomic mass is 10.1. The summed E-state index contributed by atoms with van der Waals surface area (Å²) in [7, 11) is 0. The molecule has 2 aromatic heterocycles. The van der Waals surface area contributed by atoms with E-state index >= 15 is 0 Å². The van der Waals surface area contributed by atoms with E-state index in [1.54, 1.807) is 18.2 Å². The molecule has 0 unspecified atom stereocenters. The lowest BCUT2D eigenvalue weighted by Gasteiger charge is -2.01. The number of imidazole rings is 1. The van der Waals surface area contributed by atoms with Gasteiger partial charge in [-0.15, -0.1) is 10.2 Å². The van der Waals surface area contributed by atoms with Crippen LogP contribution in [0.2, 0.25) is 0 Å². The predicted octanol–water partition coefficient (Wildman–Crippen LogP) is 5.91. The molecule has 0 saturated heterocycles. The zero-order valence-electron chi connectivity index (χ0n) is 15.1. The number of azo groups is 1. The van der Waals surface area contributed by atoms with Crippen LogP contribution in [-0.4, -0.2) is 9.38 Å². The maximum absolute atomic E-state index is 9.06. The summed E-state index contributed by atoms with van der Waals surface area (Å²) in [4.78, 5) is 4.76. The highest BCUT2D eigenvalue weighted by molar-refractivity contribution is 5.74. The van der Waals surface area contributed by atoms with Crippen LogP contribution >= 0.6 is 0 Å². The molecule has 0 saturated carbocycles. The molecule has 0 N–H and O–H groups in total. The molecule has 4 rings (SSSR count). The topological polar surface area (TPSA) is 65.8 Å². The average Bonchev–Trinajstić information content (AvgIpc) is 3.04. The molecule has 0 radical (unpaired) electrons. The molecule has 0 aliphatic heterocycles. The van der Waals surface area contributed by atoms with Gasteiger partial charge in [-0.2, -0.15) is 5.26 Å². The fourth-order valence-corrected chi connectivity index (χ4v) is 2.88. The third-order valence-corrected chi connectivity index (χ3v) is 4.30. The smallest absolute Gasteiger partial charge is 0.187 e. The van der Waals surface area contributed by atoms with E-state index in [0.717, 1.165) is 22.5 Å². The zero-order chi connectivity index (χ0) is 18.8. The first-order valence-corrected chi connectivity index (χ1v) is 8.62. The minimum absolute atomic E-state index is 0.555. The third-order valence-electron chi connectivity index (χ3n) is 4.30. The van der Waals surface area contributed by atoms with E-state index in [2.05, 4.69) is 35.4 Å². The van der Waals surface area contributed by atoms with Crippen LogP contribution in [0.5, 0.6) is 0 Å². The molecule has 5 nitrogen and oxygen atoms in total. The lowest BCUT2D eigenvalue weighted by molar-refractivity contribution is 1.09. The van der Waals surface area contributed by atoms with Crippen LogP contribution in [0.25, 0.3) is 16.9 Å². The van der Waals surface area contributed by atoms with Crippen molar-refractivity contribution in [1.82, 2.24) is 9.38 Å². The normalized spacial score (nSPS) is 11.1. The molecular weight excluding hydrogens is 334 g/mol. The summed E-state index contributed by atoms with van der Waals surface area (Å²) in [6.07, 6.45) is 2.00. The molecule has 2 heterocycles. The highest BCUT2D eigenvalue weighted by Gasteiger charge is 2.14. The fraction of sp³-hybridized carbons (Fsp3) is 0.0909. The van der Waals surface area contributed by atoms with Crippen LogP contribution in [0.15, 0.2) is 77.1 Å². The second-order valence-electron chi connectivity index (χ2n) is 6.45. The van der Waals surface area contributed by atoms with Crippen LogP contribution < -0.4 is 0 Å². The quantitative estimate of drug-likeness (QED) is 0.431. The molecule has 0 bridgehead atoms. The van der Waals surface area contributed by atoms with Crippen LogP contribution in [0.4, 0.5) is 11.5 Å². The summed E-state index contributed by atoms with van der Waals surface area (Å²) in [6, 6.07) is 21.4. The molecule has 5 heteroatoms. The van der Waals surface area contributed by atoms with Crippen molar-refractivity contribution < 1.29 is 0 Å². The molecule has 27 heavy (non-hydrogen) atoms. The van der Waals surface area contributed by atoms with E-state index < -0.39 is 0 Å². The van der Waals surface area contributed by atoms with E-state index in [1.807, 2.05) is 47.9 Å². The van der Waals surface area contributed by atoms with Gasteiger partial charge in [0.05, 0.1) is 17.3 Å². The Kier molecular flexibility index (Phi) is 4.23. The minimum Gasteiger partial charge on any atom is -0.282 e. The van der Waals surface area contributed by atoms with E-state index in [4.69, 9.17) is 10.2 Å². The van der Waals surface area contributed by atoms with E-state index in [-0.39, 0.29) is 0 Å². The molecule has 0 fully saturated rings. The Hall–Kier alpha value is -3.78. The Morgan fingerprint density at radius 3 is 2.48 bits per heavy atom. The van der Waals surface area contributed by atoms with Crippen molar-refractivity contribution in [1.29, 1.82) is 5.26 Å². The molecular formula is C22H17N5. The van der Waals surface area contributed by atoms with E-state index in [9.17, 15) is 0 Å². The molecule has 0 amide bonds. The number of aryl methyl sites for hydroxylation is 2. The van der Waals surface area contributed by atoms with Crippen molar-refractivity contribution in [2.24, 2.45) is 10.2 Å². The number of nitrogens with zero attached hydrogens (tertiary/aromatic N) is 5. The van der Waals surface area contributed by atoms with Crippen molar-refractivity contribution in [2.75, 3.05) is 0 Å². The van der Waals surface area contributed by atoms with Crippen LogP contribution in [0.3, 0.4) is 0 Å². The van der Waals surface area contributed by atoms with E-state index in [1.165, 1.54) is 5.56 Å². The zero-order valence-corrected chi connectivity index (χ0v) is 15.1. The largest absolute Gasteiger partial charge is 0.282 e. The van der Waals surface area contributed by atoms with Gasteiger partial charge >= 0.3 is 0 Å². The van der Waals surface area contributed by atoms with Crippen molar-refractivity contribution in [3.8, 4) is 17.3 Å². The Balaban J connectivity index is 1.87. The van der Waals surface area contributed by atoms with Gasteiger partial charge in [-0.25, -0.2) is 4.98 Å². The van der Waals surface area contributed by atoms with Gasteiger partial charge in [-0.3, -0.25) is 4.40 Å². The number of pyridine rings is 1. The standard InChI is InChI=1S/C22H17N5/c1-15-6-9-18(10-7-15)21-22(27-14-16(2)8-11-20(27)24-21)26-25-19-5-3-4-17(12-19)13-23/h3-12,14H,1-2H3. The molecule has 0 atom stereocenters. The molecule has 130 valence electrons. The first kappa shape index (κ1) is 16.7. The van der Waals surface area contributed by atoms with Gasteiger partial charge in [-0.1, -0.05) is 42.0 Å². The van der Waals surface area contributed by atoms with Gasteiger partial charge in [0, 0.05) is 11.8 Å².